The lowest BCUT2D eigenvalue weighted by Crippen LogP contribution is -2.36. The van der Waals surface area contributed by atoms with E-state index >= 15 is 0 Å². The standard InChI is InChI=1S/C17H19FN6O/c18-13-7-11(1-2-14(13)24-5-3-12(25)4-6-24)8-19-16-15-17(21-9-20-15)23-10-22-16/h1-2,7,9-10,12,25H,3-6,8H2,(H2,19,20,21,22,23). The number of fused-ring (bicyclic) bond motifs is 1. The molecule has 2 aromatic heterocycles. The molecular weight excluding hydrogens is 323 g/mol. The molecule has 0 amide bonds. The first kappa shape index (κ1) is 15.8. The smallest absolute Gasteiger partial charge is 0.182 e. The molecule has 1 aromatic carbocycles. The third-order valence-corrected chi connectivity index (χ3v) is 4.50. The number of nitrogens with zero attached hydrogens (tertiary/aromatic N) is 4. The van der Waals surface area contributed by atoms with E-state index in [4.69, 9.17) is 0 Å². The highest BCUT2D eigenvalue weighted by Crippen LogP contribution is 2.25. The number of imidazole rings is 1. The minimum Gasteiger partial charge on any atom is -0.393 e. The highest BCUT2D eigenvalue weighted by Gasteiger charge is 2.19. The van der Waals surface area contributed by atoms with Crippen LogP contribution in [0.4, 0.5) is 15.9 Å². The predicted octanol–water partition coefficient (Wildman–Crippen LogP) is 2.07. The minimum absolute atomic E-state index is 0.245. The summed E-state index contributed by atoms with van der Waals surface area (Å²) in [6.07, 6.45) is 4.09. The second-order valence-corrected chi connectivity index (χ2v) is 6.18. The monoisotopic (exact) mass is 342 g/mol. The van der Waals surface area contributed by atoms with Gasteiger partial charge < -0.3 is 20.3 Å². The van der Waals surface area contributed by atoms with Crippen molar-refractivity contribution in [2.24, 2.45) is 0 Å². The van der Waals surface area contributed by atoms with Gasteiger partial charge in [-0.1, -0.05) is 6.07 Å². The molecule has 1 saturated heterocycles. The van der Waals surface area contributed by atoms with Crippen LogP contribution in [0.15, 0.2) is 30.9 Å². The number of hydrogen-bond acceptors (Lipinski definition) is 6. The van der Waals surface area contributed by atoms with E-state index in [9.17, 15) is 9.50 Å². The Morgan fingerprint density at radius 1 is 1.24 bits per heavy atom. The highest BCUT2D eigenvalue weighted by atomic mass is 19.1. The second-order valence-electron chi connectivity index (χ2n) is 6.18. The Bertz CT molecular complexity index is 874. The van der Waals surface area contributed by atoms with E-state index in [0.717, 1.165) is 11.1 Å². The molecule has 130 valence electrons. The molecule has 3 aromatic rings. The van der Waals surface area contributed by atoms with Crippen molar-refractivity contribution in [3.8, 4) is 0 Å². The number of aliphatic hydroxyl groups excluding tert-OH is 1. The van der Waals surface area contributed by atoms with Gasteiger partial charge in [-0.05, 0) is 30.5 Å². The van der Waals surface area contributed by atoms with Gasteiger partial charge in [-0.3, -0.25) is 0 Å². The maximum Gasteiger partial charge on any atom is 0.182 e. The van der Waals surface area contributed by atoms with E-state index in [-0.39, 0.29) is 11.9 Å². The van der Waals surface area contributed by atoms with Crippen molar-refractivity contribution >= 4 is 22.7 Å². The van der Waals surface area contributed by atoms with Gasteiger partial charge in [-0.25, -0.2) is 19.3 Å². The fraction of sp³-hybridized carbons (Fsp3) is 0.353. The molecule has 25 heavy (non-hydrogen) atoms. The zero-order chi connectivity index (χ0) is 17.2. The zero-order valence-corrected chi connectivity index (χ0v) is 13.6. The molecule has 1 aliphatic heterocycles. The first-order chi connectivity index (χ1) is 12.2. The van der Waals surface area contributed by atoms with E-state index in [0.29, 0.717) is 49.6 Å². The Morgan fingerprint density at radius 3 is 2.88 bits per heavy atom. The molecule has 4 rings (SSSR count). The average molecular weight is 342 g/mol. The molecular formula is C17H19FN6O. The van der Waals surface area contributed by atoms with Crippen molar-refractivity contribution < 1.29 is 9.50 Å². The predicted molar refractivity (Wildman–Crippen MR) is 92.9 cm³/mol. The van der Waals surface area contributed by atoms with Gasteiger partial charge in [-0.15, -0.1) is 0 Å². The fourth-order valence-electron chi connectivity index (χ4n) is 3.11. The zero-order valence-electron chi connectivity index (χ0n) is 13.6. The largest absolute Gasteiger partial charge is 0.393 e. The Labute approximate surface area is 143 Å². The van der Waals surface area contributed by atoms with Gasteiger partial charge >= 0.3 is 0 Å². The number of anilines is 2. The maximum atomic E-state index is 14.5. The number of nitrogens with one attached hydrogen (secondary N) is 2. The normalized spacial score (nSPS) is 15.7. The van der Waals surface area contributed by atoms with Gasteiger partial charge in [0.2, 0.25) is 0 Å². The van der Waals surface area contributed by atoms with E-state index in [1.54, 1.807) is 18.5 Å². The lowest BCUT2D eigenvalue weighted by molar-refractivity contribution is 0.145. The van der Waals surface area contributed by atoms with Crippen LogP contribution in [-0.4, -0.2) is 44.2 Å². The summed E-state index contributed by atoms with van der Waals surface area (Å²) in [4.78, 5) is 17.3. The molecule has 0 aliphatic carbocycles. The SMILES string of the molecule is OC1CCN(c2ccc(CNc3ncnc4nc[nH]c34)cc2F)CC1. The summed E-state index contributed by atoms with van der Waals surface area (Å²) in [5.74, 6) is 0.391. The van der Waals surface area contributed by atoms with Crippen molar-refractivity contribution in [3.05, 3.63) is 42.2 Å². The summed E-state index contributed by atoms with van der Waals surface area (Å²) < 4.78 is 14.5. The van der Waals surface area contributed by atoms with Crippen molar-refractivity contribution in [1.82, 2.24) is 19.9 Å². The average Bonchev–Trinajstić information content (AvgIpc) is 3.10. The van der Waals surface area contributed by atoms with Crippen LogP contribution in [-0.2, 0) is 6.54 Å². The summed E-state index contributed by atoms with van der Waals surface area (Å²) >= 11 is 0. The van der Waals surface area contributed by atoms with E-state index in [1.165, 1.54) is 6.33 Å². The number of halogens is 1. The number of aromatic nitrogens is 4. The lowest BCUT2D eigenvalue weighted by Gasteiger charge is -2.31. The third kappa shape index (κ3) is 3.25. The van der Waals surface area contributed by atoms with Crippen LogP contribution in [0.3, 0.4) is 0 Å². The Morgan fingerprint density at radius 2 is 2.08 bits per heavy atom. The van der Waals surface area contributed by atoms with Crippen LogP contribution in [0, 0.1) is 5.82 Å². The molecule has 0 unspecified atom stereocenters. The number of hydrogen-bond donors (Lipinski definition) is 3. The van der Waals surface area contributed by atoms with E-state index in [1.807, 2.05) is 11.0 Å². The molecule has 0 bridgehead atoms. The van der Waals surface area contributed by atoms with Crippen LogP contribution in [0.5, 0.6) is 0 Å². The molecule has 3 N–H and O–H groups in total. The molecule has 7 nitrogen and oxygen atoms in total. The number of rotatable bonds is 4. The maximum absolute atomic E-state index is 14.5. The number of aromatic amines is 1. The Kier molecular flexibility index (Phi) is 4.19. The van der Waals surface area contributed by atoms with Crippen LogP contribution < -0.4 is 10.2 Å². The minimum atomic E-state index is -0.269. The van der Waals surface area contributed by atoms with Gasteiger partial charge in [0.1, 0.15) is 17.7 Å². The summed E-state index contributed by atoms with van der Waals surface area (Å²) in [5, 5.41) is 12.8. The molecule has 0 saturated carbocycles. The van der Waals surface area contributed by atoms with E-state index in [2.05, 4.69) is 25.3 Å². The summed E-state index contributed by atoms with van der Waals surface area (Å²) in [6.45, 7) is 1.80. The summed E-state index contributed by atoms with van der Waals surface area (Å²) in [5.41, 5.74) is 2.73. The fourth-order valence-corrected chi connectivity index (χ4v) is 3.11. The summed E-state index contributed by atoms with van der Waals surface area (Å²) in [6, 6.07) is 5.25. The summed E-state index contributed by atoms with van der Waals surface area (Å²) in [7, 11) is 0. The topological polar surface area (TPSA) is 90.0 Å². The number of H-pyrrole nitrogens is 1. The Balaban J connectivity index is 1.46. The Hall–Kier alpha value is -2.74. The number of benzene rings is 1. The van der Waals surface area contributed by atoms with Crippen LogP contribution in [0.2, 0.25) is 0 Å². The molecule has 8 heteroatoms. The first-order valence-electron chi connectivity index (χ1n) is 8.30. The molecule has 1 aliphatic rings. The second kappa shape index (κ2) is 6.64. The third-order valence-electron chi connectivity index (χ3n) is 4.50. The van der Waals surface area contributed by atoms with Gasteiger partial charge in [0, 0.05) is 19.6 Å². The number of aliphatic hydroxyl groups is 1. The molecule has 0 radical (unpaired) electrons. The molecule has 0 spiro atoms. The van der Waals surface area contributed by atoms with Gasteiger partial charge in [0.05, 0.1) is 18.1 Å². The number of piperidine rings is 1. The van der Waals surface area contributed by atoms with E-state index < -0.39 is 0 Å². The highest BCUT2D eigenvalue weighted by molar-refractivity contribution is 5.81. The van der Waals surface area contributed by atoms with Crippen LogP contribution in [0.25, 0.3) is 11.2 Å². The quantitative estimate of drug-likeness (QED) is 0.672. The molecule has 3 heterocycles. The van der Waals surface area contributed by atoms with Crippen molar-refractivity contribution in [3.63, 3.8) is 0 Å². The lowest BCUT2D eigenvalue weighted by atomic mass is 10.1. The van der Waals surface area contributed by atoms with Crippen LogP contribution >= 0.6 is 0 Å². The van der Waals surface area contributed by atoms with Gasteiger partial charge in [0.25, 0.3) is 0 Å². The van der Waals surface area contributed by atoms with Gasteiger partial charge in [0.15, 0.2) is 11.5 Å². The molecule has 0 atom stereocenters. The van der Waals surface area contributed by atoms with Crippen LogP contribution in [0.1, 0.15) is 18.4 Å². The van der Waals surface area contributed by atoms with Crippen molar-refractivity contribution in [2.75, 3.05) is 23.3 Å². The first-order valence-corrected chi connectivity index (χ1v) is 8.30. The molecule has 1 fully saturated rings. The van der Waals surface area contributed by atoms with Crippen molar-refractivity contribution in [2.45, 2.75) is 25.5 Å². The van der Waals surface area contributed by atoms with Gasteiger partial charge in [-0.2, -0.15) is 0 Å². The van der Waals surface area contributed by atoms with Crippen molar-refractivity contribution in [1.29, 1.82) is 0 Å².